The van der Waals surface area contributed by atoms with Crippen LogP contribution in [-0.4, -0.2) is 32.7 Å². The summed E-state index contributed by atoms with van der Waals surface area (Å²) in [5.74, 6) is 0.743. The highest BCUT2D eigenvalue weighted by Gasteiger charge is 2.23. The molecule has 0 radical (unpaired) electrons. The topological polar surface area (TPSA) is 63.8 Å². The van der Waals surface area contributed by atoms with Crippen LogP contribution in [0.4, 0.5) is 5.82 Å². The number of nitrogens with zero attached hydrogens (tertiary/aromatic N) is 2. The second-order valence-corrected chi connectivity index (χ2v) is 6.94. The molecule has 3 N–H and O–H groups in total. The van der Waals surface area contributed by atoms with Crippen LogP contribution >= 0.6 is 24.0 Å². The van der Waals surface area contributed by atoms with Gasteiger partial charge in [-0.3, -0.25) is 0 Å². The number of nitrogens with one attached hydrogen (secondary N) is 1. The van der Waals surface area contributed by atoms with Crippen molar-refractivity contribution < 1.29 is 0 Å². The van der Waals surface area contributed by atoms with E-state index in [4.69, 9.17) is 18.0 Å². The fourth-order valence-corrected chi connectivity index (χ4v) is 3.77. The molecule has 2 unspecified atom stereocenters. The first-order chi connectivity index (χ1) is 9.52. The molecule has 110 valence electrons. The van der Waals surface area contributed by atoms with E-state index in [1.807, 2.05) is 25.6 Å². The molecule has 0 bridgehead atoms. The zero-order valence-electron chi connectivity index (χ0n) is 12.3. The highest BCUT2D eigenvalue weighted by Crippen LogP contribution is 2.29. The monoisotopic (exact) mass is 310 g/mol. The van der Waals surface area contributed by atoms with E-state index >= 15 is 0 Å². The van der Waals surface area contributed by atoms with E-state index in [9.17, 15) is 0 Å². The van der Waals surface area contributed by atoms with Gasteiger partial charge in [-0.05, 0) is 44.9 Å². The van der Waals surface area contributed by atoms with Crippen molar-refractivity contribution in [2.75, 3.05) is 11.6 Å². The van der Waals surface area contributed by atoms with Gasteiger partial charge in [-0.25, -0.2) is 0 Å². The average Bonchev–Trinajstić information content (AvgIpc) is 2.43. The first-order valence-electron chi connectivity index (χ1n) is 6.96. The molecule has 2 atom stereocenters. The molecule has 1 aliphatic rings. The summed E-state index contributed by atoms with van der Waals surface area (Å²) in [6, 6.07) is 0.436. The molecule has 1 aromatic heterocycles. The predicted octanol–water partition coefficient (Wildman–Crippen LogP) is 2.81. The normalized spacial score (nSPS) is 22.6. The van der Waals surface area contributed by atoms with Gasteiger partial charge in [0.1, 0.15) is 4.99 Å². The molecular formula is C14H22N4S2. The molecule has 20 heavy (non-hydrogen) atoms. The van der Waals surface area contributed by atoms with E-state index in [2.05, 4.69) is 21.8 Å². The average molecular weight is 310 g/mol. The molecule has 0 aliphatic heterocycles. The molecule has 4 nitrogen and oxygen atoms in total. The summed E-state index contributed by atoms with van der Waals surface area (Å²) in [5.41, 5.74) is 8.61. The summed E-state index contributed by atoms with van der Waals surface area (Å²) in [5, 5.41) is 12.7. The Hall–Kier alpha value is -0.880. The van der Waals surface area contributed by atoms with Crippen LogP contribution in [0.5, 0.6) is 0 Å². The van der Waals surface area contributed by atoms with Crippen LogP contribution in [-0.2, 0) is 0 Å². The maximum Gasteiger partial charge on any atom is 0.159 e. The van der Waals surface area contributed by atoms with Crippen molar-refractivity contribution in [1.82, 2.24) is 10.2 Å². The molecule has 6 heteroatoms. The Morgan fingerprint density at radius 3 is 2.75 bits per heavy atom. The lowest BCUT2D eigenvalue weighted by Gasteiger charge is -2.29. The van der Waals surface area contributed by atoms with Gasteiger partial charge in [0.25, 0.3) is 0 Å². The number of thioether (sulfide) groups is 1. The van der Waals surface area contributed by atoms with Crippen molar-refractivity contribution in [3.05, 3.63) is 16.8 Å². The molecule has 0 aromatic carbocycles. The maximum atomic E-state index is 5.86. The molecule has 1 heterocycles. The van der Waals surface area contributed by atoms with E-state index in [0.29, 0.717) is 11.0 Å². The van der Waals surface area contributed by atoms with Gasteiger partial charge in [0.15, 0.2) is 5.82 Å². The summed E-state index contributed by atoms with van der Waals surface area (Å²) in [6.07, 6.45) is 7.07. The lowest BCUT2D eigenvalue weighted by Crippen LogP contribution is -2.30. The Balaban J connectivity index is 2.21. The highest BCUT2D eigenvalue weighted by atomic mass is 32.2. The Kier molecular flexibility index (Phi) is 5.21. The zero-order valence-corrected chi connectivity index (χ0v) is 13.9. The number of hydrogen-bond donors (Lipinski definition) is 2. The standard InChI is InChI=1S/C14H22N4S2/c1-8-9(2)17-18-14(12(8)13(15)19)16-10-5-4-6-11(7-10)20-3/h10-11H,4-7H2,1-3H3,(H2,15,19)(H,16,18). The highest BCUT2D eigenvalue weighted by molar-refractivity contribution is 7.99. The molecule has 0 amide bonds. The van der Waals surface area contributed by atoms with Crippen molar-refractivity contribution in [3.8, 4) is 0 Å². The predicted molar refractivity (Wildman–Crippen MR) is 90.6 cm³/mol. The van der Waals surface area contributed by atoms with E-state index in [-0.39, 0.29) is 0 Å². The van der Waals surface area contributed by atoms with Gasteiger partial charge in [0, 0.05) is 11.3 Å². The number of nitrogens with two attached hydrogens (primary N) is 1. The van der Waals surface area contributed by atoms with E-state index in [1.165, 1.54) is 19.3 Å². The van der Waals surface area contributed by atoms with E-state index in [1.54, 1.807) is 0 Å². The van der Waals surface area contributed by atoms with Gasteiger partial charge >= 0.3 is 0 Å². The fraction of sp³-hybridized carbons (Fsp3) is 0.643. The van der Waals surface area contributed by atoms with Crippen molar-refractivity contribution in [1.29, 1.82) is 0 Å². The van der Waals surface area contributed by atoms with Crippen LogP contribution in [0.2, 0.25) is 0 Å². The summed E-state index contributed by atoms with van der Waals surface area (Å²) in [6.45, 7) is 3.92. The molecule has 1 aliphatic carbocycles. The maximum absolute atomic E-state index is 5.86. The Morgan fingerprint density at radius 1 is 1.35 bits per heavy atom. The fourth-order valence-electron chi connectivity index (χ4n) is 2.69. The minimum Gasteiger partial charge on any atom is -0.389 e. The van der Waals surface area contributed by atoms with Gasteiger partial charge < -0.3 is 11.1 Å². The van der Waals surface area contributed by atoms with Crippen molar-refractivity contribution in [2.45, 2.75) is 50.8 Å². The first-order valence-corrected chi connectivity index (χ1v) is 8.65. The van der Waals surface area contributed by atoms with Crippen LogP contribution in [0.15, 0.2) is 0 Å². The quantitative estimate of drug-likeness (QED) is 0.834. The summed E-state index contributed by atoms with van der Waals surface area (Å²) in [4.78, 5) is 0.389. The van der Waals surface area contributed by atoms with Crippen LogP contribution in [0.25, 0.3) is 0 Å². The largest absolute Gasteiger partial charge is 0.389 e. The van der Waals surface area contributed by atoms with Gasteiger partial charge in [0.2, 0.25) is 0 Å². The molecular weight excluding hydrogens is 288 g/mol. The van der Waals surface area contributed by atoms with Crippen LogP contribution in [0.1, 0.15) is 42.5 Å². The minimum atomic E-state index is 0.389. The zero-order chi connectivity index (χ0) is 14.7. The number of aryl methyl sites for hydroxylation is 1. The first kappa shape index (κ1) is 15.5. The Bertz CT molecular complexity index is 504. The molecule has 1 fully saturated rings. The van der Waals surface area contributed by atoms with Gasteiger partial charge in [0.05, 0.1) is 11.3 Å². The molecule has 2 rings (SSSR count). The van der Waals surface area contributed by atoms with Crippen molar-refractivity contribution in [2.24, 2.45) is 5.73 Å². The molecule has 0 spiro atoms. The third kappa shape index (κ3) is 3.41. The van der Waals surface area contributed by atoms with Crippen molar-refractivity contribution >= 4 is 34.8 Å². The summed E-state index contributed by atoms with van der Waals surface area (Å²) < 4.78 is 0. The van der Waals surface area contributed by atoms with Crippen LogP contribution in [0, 0.1) is 13.8 Å². The molecule has 1 aromatic rings. The number of hydrogen-bond acceptors (Lipinski definition) is 5. The molecule has 0 saturated heterocycles. The summed E-state index contributed by atoms with van der Waals surface area (Å²) >= 11 is 7.13. The van der Waals surface area contributed by atoms with Gasteiger partial charge in [-0.15, -0.1) is 5.10 Å². The lowest BCUT2D eigenvalue weighted by atomic mass is 9.94. The van der Waals surface area contributed by atoms with Crippen LogP contribution < -0.4 is 11.1 Å². The Morgan fingerprint density at radius 2 is 2.10 bits per heavy atom. The smallest absolute Gasteiger partial charge is 0.159 e. The second-order valence-electron chi connectivity index (χ2n) is 5.36. The third-order valence-corrected chi connectivity index (χ3v) is 5.30. The van der Waals surface area contributed by atoms with Crippen LogP contribution in [0.3, 0.4) is 0 Å². The van der Waals surface area contributed by atoms with E-state index < -0.39 is 0 Å². The minimum absolute atomic E-state index is 0.389. The summed E-state index contributed by atoms with van der Waals surface area (Å²) in [7, 11) is 0. The third-order valence-electron chi connectivity index (χ3n) is 4.00. The number of thiocarbonyl (C=S) groups is 1. The SMILES string of the molecule is CSC1CCCC(Nc2nnc(C)c(C)c2C(N)=S)C1. The number of aromatic nitrogens is 2. The van der Waals surface area contributed by atoms with Gasteiger partial charge in [-0.1, -0.05) is 18.6 Å². The number of anilines is 1. The van der Waals surface area contributed by atoms with Gasteiger partial charge in [-0.2, -0.15) is 16.9 Å². The Labute approximate surface area is 130 Å². The molecule has 1 saturated carbocycles. The van der Waals surface area contributed by atoms with E-state index in [0.717, 1.165) is 34.3 Å². The van der Waals surface area contributed by atoms with Crippen molar-refractivity contribution in [3.63, 3.8) is 0 Å². The number of rotatable bonds is 4. The lowest BCUT2D eigenvalue weighted by molar-refractivity contribution is 0.472. The second kappa shape index (κ2) is 6.72.